The van der Waals surface area contributed by atoms with Crippen molar-refractivity contribution in [3.05, 3.63) is 29.8 Å². The average molecular weight is 222 g/mol. The lowest BCUT2D eigenvalue weighted by Crippen LogP contribution is -2.19. The smallest absolute Gasteiger partial charge is 0.221 e. The van der Waals surface area contributed by atoms with Gasteiger partial charge in [0.05, 0.1) is 6.61 Å². The molecule has 0 aliphatic rings. The number of para-hydroxylation sites is 1. The summed E-state index contributed by atoms with van der Waals surface area (Å²) in [5, 5.41) is 6.04. The van der Waals surface area contributed by atoms with Crippen molar-refractivity contribution >= 4 is 11.6 Å². The second-order valence-corrected chi connectivity index (χ2v) is 3.51. The van der Waals surface area contributed by atoms with Gasteiger partial charge < -0.3 is 15.4 Å². The molecule has 1 rings (SSSR count). The Hall–Kier alpha value is -1.39. The minimum Gasteiger partial charge on any atom is -0.383 e. The van der Waals surface area contributed by atoms with Gasteiger partial charge in [-0.15, -0.1) is 0 Å². The molecule has 2 N–H and O–H groups in total. The number of hydrogen-bond donors (Lipinski definition) is 2. The van der Waals surface area contributed by atoms with E-state index in [1.54, 1.807) is 7.11 Å². The molecule has 0 spiro atoms. The molecular formula is C12H18N2O2. The lowest BCUT2D eigenvalue weighted by molar-refractivity contribution is -0.114. The number of rotatable bonds is 6. The monoisotopic (exact) mass is 222 g/mol. The maximum absolute atomic E-state index is 11.0. The third kappa shape index (κ3) is 4.42. The number of anilines is 1. The van der Waals surface area contributed by atoms with Gasteiger partial charge in [-0.1, -0.05) is 18.2 Å². The first-order chi connectivity index (χ1) is 7.74. The summed E-state index contributed by atoms with van der Waals surface area (Å²) in [7, 11) is 1.67. The van der Waals surface area contributed by atoms with Gasteiger partial charge in [0.1, 0.15) is 0 Å². The largest absolute Gasteiger partial charge is 0.383 e. The van der Waals surface area contributed by atoms with E-state index in [-0.39, 0.29) is 5.91 Å². The van der Waals surface area contributed by atoms with Gasteiger partial charge in [0.2, 0.25) is 5.91 Å². The van der Waals surface area contributed by atoms with Gasteiger partial charge in [-0.3, -0.25) is 4.79 Å². The Morgan fingerprint density at radius 1 is 1.38 bits per heavy atom. The summed E-state index contributed by atoms with van der Waals surface area (Å²) in [6.07, 6.45) is 0. The Bertz CT molecular complexity index is 340. The molecule has 4 heteroatoms. The van der Waals surface area contributed by atoms with E-state index in [0.717, 1.165) is 24.3 Å². The fraction of sp³-hybridized carbons (Fsp3) is 0.417. The summed E-state index contributed by atoms with van der Waals surface area (Å²) in [6, 6.07) is 7.75. The maximum Gasteiger partial charge on any atom is 0.221 e. The second kappa shape index (κ2) is 6.98. The van der Waals surface area contributed by atoms with Crippen molar-refractivity contribution in [3.8, 4) is 0 Å². The van der Waals surface area contributed by atoms with Crippen molar-refractivity contribution in [2.24, 2.45) is 0 Å². The first kappa shape index (κ1) is 12.7. The van der Waals surface area contributed by atoms with Gasteiger partial charge >= 0.3 is 0 Å². The summed E-state index contributed by atoms with van der Waals surface area (Å²) in [5.74, 6) is -0.0515. The van der Waals surface area contributed by atoms with E-state index in [4.69, 9.17) is 4.74 Å². The number of hydrogen-bond acceptors (Lipinski definition) is 3. The highest BCUT2D eigenvalue weighted by molar-refractivity contribution is 5.89. The number of carbonyl (C=O) groups is 1. The molecule has 1 aromatic rings. The zero-order chi connectivity index (χ0) is 11.8. The van der Waals surface area contributed by atoms with Crippen LogP contribution >= 0.6 is 0 Å². The lowest BCUT2D eigenvalue weighted by Gasteiger charge is -2.10. The van der Waals surface area contributed by atoms with Crippen molar-refractivity contribution in [1.82, 2.24) is 5.32 Å². The summed E-state index contributed by atoms with van der Waals surface area (Å²) in [4.78, 5) is 11.0. The normalized spacial score (nSPS) is 10.1. The Kier molecular flexibility index (Phi) is 5.53. The maximum atomic E-state index is 11.0. The fourth-order valence-electron chi connectivity index (χ4n) is 1.38. The van der Waals surface area contributed by atoms with Crippen LogP contribution in [0.5, 0.6) is 0 Å². The highest BCUT2D eigenvalue weighted by atomic mass is 16.5. The molecule has 0 aliphatic carbocycles. The quantitative estimate of drug-likeness (QED) is 0.715. The summed E-state index contributed by atoms with van der Waals surface area (Å²) >= 11 is 0. The Balaban J connectivity index is 2.53. The SMILES string of the molecule is COCCNCc1ccccc1NC(C)=O. The van der Waals surface area contributed by atoms with Crippen LogP contribution in [0.1, 0.15) is 12.5 Å². The van der Waals surface area contributed by atoms with E-state index in [9.17, 15) is 4.79 Å². The topological polar surface area (TPSA) is 50.4 Å². The number of carbonyl (C=O) groups excluding carboxylic acids is 1. The predicted octanol–water partition coefficient (Wildman–Crippen LogP) is 1.38. The van der Waals surface area contributed by atoms with E-state index in [0.29, 0.717) is 6.61 Å². The Morgan fingerprint density at radius 2 is 2.12 bits per heavy atom. The molecule has 0 atom stereocenters. The summed E-state index contributed by atoms with van der Waals surface area (Å²) < 4.78 is 4.94. The summed E-state index contributed by atoms with van der Waals surface area (Å²) in [6.45, 7) is 3.71. The predicted molar refractivity (Wildman–Crippen MR) is 64.3 cm³/mol. The molecule has 16 heavy (non-hydrogen) atoms. The molecular weight excluding hydrogens is 204 g/mol. The molecule has 1 aromatic carbocycles. The average Bonchev–Trinajstić information content (AvgIpc) is 2.26. The van der Waals surface area contributed by atoms with Crippen molar-refractivity contribution < 1.29 is 9.53 Å². The van der Waals surface area contributed by atoms with Crippen LogP contribution in [0.3, 0.4) is 0 Å². The molecule has 0 saturated carbocycles. The van der Waals surface area contributed by atoms with E-state index in [2.05, 4.69) is 10.6 Å². The van der Waals surface area contributed by atoms with Crippen LogP contribution in [0.15, 0.2) is 24.3 Å². The van der Waals surface area contributed by atoms with Gasteiger partial charge in [0.25, 0.3) is 0 Å². The molecule has 0 heterocycles. The van der Waals surface area contributed by atoms with E-state index in [1.807, 2.05) is 24.3 Å². The number of methoxy groups -OCH3 is 1. The van der Waals surface area contributed by atoms with Gasteiger partial charge in [-0.25, -0.2) is 0 Å². The van der Waals surface area contributed by atoms with E-state index in [1.165, 1.54) is 6.92 Å². The zero-order valence-electron chi connectivity index (χ0n) is 9.75. The van der Waals surface area contributed by atoms with Gasteiger partial charge in [0, 0.05) is 32.8 Å². The minimum atomic E-state index is -0.0515. The van der Waals surface area contributed by atoms with Crippen LogP contribution in [0.25, 0.3) is 0 Å². The van der Waals surface area contributed by atoms with Crippen molar-refractivity contribution in [2.75, 3.05) is 25.6 Å². The van der Waals surface area contributed by atoms with Crippen LogP contribution < -0.4 is 10.6 Å². The molecule has 0 saturated heterocycles. The molecule has 0 radical (unpaired) electrons. The molecule has 4 nitrogen and oxygen atoms in total. The second-order valence-electron chi connectivity index (χ2n) is 3.51. The highest BCUT2D eigenvalue weighted by Crippen LogP contribution is 2.14. The zero-order valence-corrected chi connectivity index (χ0v) is 9.75. The molecule has 0 unspecified atom stereocenters. The van der Waals surface area contributed by atoms with Crippen LogP contribution in [0.2, 0.25) is 0 Å². The molecule has 0 aromatic heterocycles. The third-order valence-electron chi connectivity index (χ3n) is 2.13. The number of amides is 1. The lowest BCUT2D eigenvalue weighted by atomic mass is 10.1. The Morgan fingerprint density at radius 3 is 2.81 bits per heavy atom. The van der Waals surface area contributed by atoms with Crippen LogP contribution in [-0.2, 0) is 16.1 Å². The number of nitrogens with one attached hydrogen (secondary N) is 2. The molecule has 0 bridgehead atoms. The molecule has 0 aliphatic heterocycles. The first-order valence-electron chi connectivity index (χ1n) is 5.29. The fourth-order valence-corrected chi connectivity index (χ4v) is 1.38. The standard InChI is InChI=1S/C12H18N2O2/c1-10(15)14-12-6-4-3-5-11(12)9-13-7-8-16-2/h3-6,13H,7-9H2,1-2H3,(H,14,15). The van der Waals surface area contributed by atoms with Crippen molar-refractivity contribution in [2.45, 2.75) is 13.5 Å². The Labute approximate surface area is 96.0 Å². The number of ether oxygens (including phenoxy) is 1. The van der Waals surface area contributed by atoms with Crippen LogP contribution in [0.4, 0.5) is 5.69 Å². The third-order valence-corrected chi connectivity index (χ3v) is 2.13. The number of benzene rings is 1. The van der Waals surface area contributed by atoms with E-state index < -0.39 is 0 Å². The minimum absolute atomic E-state index is 0.0515. The molecule has 0 fully saturated rings. The molecule has 1 amide bonds. The van der Waals surface area contributed by atoms with Crippen LogP contribution in [0, 0.1) is 0 Å². The van der Waals surface area contributed by atoms with E-state index >= 15 is 0 Å². The van der Waals surface area contributed by atoms with Crippen molar-refractivity contribution in [3.63, 3.8) is 0 Å². The highest BCUT2D eigenvalue weighted by Gasteiger charge is 2.02. The van der Waals surface area contributed by atoms with Gasteiger partial charge in [-0.2, -0.15) is 0 Å². The van der Waals surface area contributed by atoms with Crippen LogP contribution in [-0.4, -0.2) is 26.2 Å². The molecule has 88 valence electrons. The van der Waals surface area contributed by atoms with Gasteiger partial charge in [0.15, 0.2) is 0 Å². The first-order valence-corrected chi connectivity index (χ1v) is 5.29. The van der Waals surface area contributed by atoms with Gasteiger partial charge in [-0.05, 0) is 11.6 Å². The summed E-state index contributed by atoms with van der Waals surface area (Å²) in [5.41, 5.74) is 1.94. The van der Waals surface area contributed by atoms with Crippen molar-refractivity contribution in [1.29, 1.82) is 0 Å².